The maximum Gasteiger partial charge on any atom is 0.274 e. The Kier molecular flexibility index (Phi) is 6.87. The largest absolute Gasteiger partial charge is 0.492 e. The third-order valence-electron chi connectivity index (χ3n) is 4.09. The zero-order valence-electron chi connectivity index (χ0n) is 15.6. The second kappa shape index (κ2) is 9.76. The maximum atomic E-state index is 12.4. The van der Waals surface area contributed by atoms with Gasteiger partial charge in [0.25, 0.3) is 5.91 Å². The maximum absolute atomic E-state index is 12.4. The lowest BCUT2D eigenvalue weighted by Crippen LogP contribution is -2.15. The minimum Gasteiger partial charge on any atom is -0.492 e. The molecule has 6 heteroatoms. The monoisotopic (exact) mass is 395 g/mol. The lowest BCUT2D eigenvalue weighted by atomic mass is 10.1. The van der Waals surface area contributed by atoms with Crippen molar-refractivity contribution < 1.29 is 9.53 Å². The first-order valence-corrected chi connectivity index (χ1v) is 9.51. The van der Waals surface area contributed by atoms with E-state index < -0.39 is 0 Å². The highest BCUT2D eigenvalue weighted by Crippen LogP contribution is 2.24. The van der Waals surface area contributed by atoms with E-state index in [4.69, 9.17) is 16.3 Å². The summed E-state index contributed by atoms with van der Waals surface area (Å²) in [6.45, 7) is 3.19. The Labute approximate surface area is 169 Å². The number of para-hydroxylation sites is 2. The molecule has 0 saturated heterocycles. The van der Waals surface area contributed by atoms with Crippen LogP contribution in [0.25, 0.3) is 0 Å². The number of hydrogen-bond donors (Lipinski definition) is 2. The van der Waals surface area contributed by atoms with Crippen molar-refractivity contribution in [2.45, 2.75) is 13.3 Å². The Morgan fingerprint density at radius 2 is 1.86 bits per heavy atom. The first-order valence-electron chi connectivity index (χ1n) is 9.13. The van der Waals surface area contributed by atoms with Crippen molar-refractivity contribution in [1.29, 1.82) is 0 Å². The summed E-state index contributed by atoms with van der Waals surface area (Å²) in [7, 11) is 0. The molecule has 3 aromatic rings. The second-order valence-corrected chi connectivity index (χ2v) is 6.56. The number of aromatic nitrogens is 1. The third kappa shape index (κ3) is 5.47. The van der Waals surface area contributed by atoms with Crippen LogP contribution in [-0.4, -0.2) is 24.0 Å². The van der Waals surface area contributed by atoms with Crippen molar-refractivity contribution in [2.75, 3.05) is 23.8 Å². The van der Waals surface area contributed by atoms with Crippen LogP contribution in [0.2, 0.25) is 5.02 Å². The van der Waals surface area contributed by atoms with Crippen molar-refractivity contribution in [1.82, 2.24) is 4.98 Å². The first-order chi connectivity index (χ1) is 13.7. The van der Waals surface area contributed by atoms with Crippen molar-refractivity contribution in [3.05, 3.63) is 83.1 Å². The number of pyridine rings is 1. The zero-order valence-corrected chi connectivity index (χ0v) is 16.4. The molecule has 2 aromatic carbocycles. The highest BCUT2D eigenvalue weighted by molar-refractivity contribution is 6.30. The van der Waals surface area contributed by atoms with Crippen molar-refractivity contribution in [3.63, 3.8) is 0 Å². The van der Waals surface area contributed by atoms with Gasteiger partial charge in [0.15, 0.2) is 0 Å². The van der Waals surface area contributed by atoms with Gasteiger partial charge in [0, 0.05) is 11.6 Å². The van der Waals surface area contributed by atoms with E-state index in [9.17, 15) is 4.79 Å². The molecule has 0 atom stereocenters. The van der Waals surface area contributed by atoms with E-state index in [1.165, 1.54) is 5.56 Å². The van der Waals surface area contributed by atoms with E-state index in [0.717, 1.165) is 23.7 Å². The number of nitrogens with zero attached hydrogens (tertiary/aromatic N) is 1. The van der Waals surface area contributed by atoms with Gasteiger partial charge in [-0.05, 0) is 55.3 Å². The standard InChI is InChI=1S/C22H22ClN3O2/c1-2-28-21-6-4-3-5-19(21)26-22(27)20-12-11-18(15-25-20)24-14-13-16-7-9-17(23)10-8-16/h3-12,15,24H,2,13-14H2,1H3,(H,26,27). The highest BCUT2D eigenvalue weighted by atomic mass is 35.5. The number of amides is 1. The molecule has 0 aliphatic heterocycles. The van der Waals surface area contributed by atoms with Crippen LogP contribution in [0, 0.1) is 0 Å². The van der Waals surface area contributed by atoms with E-state index in [0.29, 0.717) is 23.7 Å². The lowest BCUT2D eigenvalue weighted by Gasteiger charge is -2.11. The fourth-order valence-electron chi connectivity index (χ4n) is 2.67. The van der Waals surface area contributed by atoms with E-state index in [2.05, 4.69) is 15.6 Å². The number of benzene rings is 2. The normalized spacial score (nSPS) is 10.4. The number of ether oxygens (including phenoxy) is 1. The van der Waals surface area contributed by atoms with Gasteiger partial charge >= 0.3 is 0 Å². The van der Waals surface area contributed by atoms with Crippen molar-refractivity contribution in [3.8, 4) is 5.75 Å². The molecule has 0 aliphatic rings. The zero-order chi connectivity index (χ0) is 19.8. The second-order valence-electron chi connectivity index (χ2n) is 6.12. The van der Waals surface area contributed by atoms with Crippen LogP contribution < -0.4 is 15.4 Å². The Morgan fingerprint density at radius 3 is 2.57 bits per heavy atom. The molecule has 3 rings (SSSR count). The average Bonchev–Trinajstić information content (AvgIpc) is 2.71. The SMILES string of the molecule is CCOc1ccccc1NC(=O)c1ccc(NCCc2ccc(Cl)cc2)cn1. The van der Waals surface area contributed by atoms with Gasteiger partial charge in [-0.15, -0.1) is 0 Å². The summed E-state index contributed by atoms with van der Waals surface area (Å²) in [6.07, 6.45) is 2.53. The summed E-state index contributed by atoms with van der Waals surface area (Å²) in [6, 6.07) is 18.7. The molecule has 0 spiro atoms. The molecule has 5 nitrogen and oxygen atoms in total. The molecule has 28 heavy (non-hydrogen) atoms. The van der Waals surface area contributed by atoms with E-state index in [1.54, 1.807) is 18.3 Å². The van der Waals surface area contributed by atoms with Gasteiger partial charge < -0.3 is 15.4 Å². The molecular formula is C22H22ClN3O2. The van der Waals surface area contributed by atoms with Crippen molar-refractivity contribution in [2.24, 2.45) is 0 Å². The number of hydrogen-bond acceptors (Lipinski definition) is 4. The number of anilines is 2. The molecule has 1 aromatic heterocycles. The fraction of sp³-hybridized carbons (Fsp3) is 0.182. The van der Waals surface area contributed by atoms with Crippen LogP contribution in [0.1, 0.15) is 23.0 Å². The van der Waals surface area contributed by atoms with Crippen LogP contribution in [0.4, 0.5) is 11.4 Å². The minimum atomic E-state index is -0.278. The molecule has 0 unspecified atom stereocenters. The summed E-state index contributed by atoms with van der Waals surface area (Å²) < 4.78 is 5.53. The van der Waals surface area contributed by atoms with Crippen LogP contribution in [-0.2, 0) is 6.42 Å². The first kappa shape index (κ1) is 19.7. The molecule has 1 amide bonds. The molecule has 0 aliphatic carbocycles. The van der Waals surface area contributed by atoms with Crippen LogP contribution in [0.3, 0.4) is 0 Å². The smallest absolute Gasteiger partial charge is 0.274 e. The van der Waals surface area contributed by atoms with Gasteiger partial charge in [-0.1, -0.05) is 35.9 Å². The average molecular weight is 396 g/mol. The van der Waals surface area contributed by atoms with E-state index in [1.807, 2.05) is 55.5 Å². The predicted molar refractivity (Wildman–Crippen MR) is 113 cm³/mol. The van der Waals surface area contributed by atoms with Crippen LogP contribution in [0.5, 0.6) is 5.75 Å². The molecule has 1 heterocycles. The van der Waals surface area contributed by atoms with Gasteiger partial charge in [0.05, 0.1) is 24.2 Å². The molecule has 144 valence electrons. The Bertz CT molecular complexity index is 912. The Hall–Kier alpha value is -3.05. The summed E-state index contributed by atoms with van der Waals surface area (Å²) in [4.78, 5) is 16.7. The number of carbonyl (C=O) groups is 1. The summed E-state index contributed by atoms with van der Waals surface area (Å²) in [5, 5.41) is 6.88. The van der Waals surface area contributed by atoms with Crippen LogP contribution in [0.15, 0.2) is 66.9 Å². The van der Waals surface area contributed by atoms with Gasteiger partial charge in [-0.3, -0.25) is 4.79 Å². The Balaban J connectivity index is 1.55. The van der Waals surface area contributed by atoms with Crippen LogP contribution >= 0.6 is 11.6 Å². The molecule has 0 fully saturated rings. The lowest BCUT2D eigenvalue weighted by molar-refractivity contribution is 0.102. The number of halogens is 1. The number of nitrogens with one attached hydrogen (secondary N) is 2. The summed E-state index contributed by atoms with van der Waals surface area (Å²) >= 11 is 5.89. The molecule has 2 N–H and O–H groups in total. The van der Waals surface area contributed by atoms with E-state index >= 15 is 0 Å². The molecule has 0 bridgehead atoms. The highest BCUT2D eigenvalue weighted by Gasteiger charge is 2.10. The van der Waals surface area contributed by atoms with E-state index in [-0.39, 0.29) is 5.91 Å². The third-order valence-corrected chi connectivity index (χ3v) is 4.34. The molecular weight excluding hydrogens is 374 g/mol. The van der Waals surface area contributed by atoms with Gasteiger partial charge in [-0.25, -0.2) is 4.98 Å². The minimum absolute atomic E-state index is 0.278. The molecule has 0 saturated carbocycles. The fourth-order valence-corrected chi connectivity index (χ4v) is 2.80. The quantitative estimate of drug-likeness (QED) is 0.560. The predicted octanol–water partition coefficient (Wildman–Crippen LogP) is 5.04. The van der Waals surface area contributed by atoms with Crippen molar-refractivity contribution >= 4 is 28.9 Å². The topological polar surface area (TPSA) is 63.2 Å². The Morgan fingerprint density at radius 1 is 1.07 bits per heavy atom. The number of carbonyl (C=O) groups excluding carboxylic acids is 1. The number of rotatable bonds is 8. The summed E-state index contributed by atoms with van der Waals surface area (Å²) in [5.74, 6) is 0.360. The van der Waals surface area contributed by atoms with Gasteiger partial charge in [0.1, 0.15) is 11.4 Å². The molecule has 0 radical (unpaired) electrons. The van der Waals surface area contributed by atoms with Gasteiger partial charge in [-0.2, -0.15) is 0 Å². The van der Waals surface area contributed by atoms with Gasteiger partial charge in [0.2, 0.25) is 0 Å². The summed E-state index contributed by atoms with van der Waals surface area (Å²) in [5.41, 5.74) is 3.03.